The lowest BCUT2D eigenvalue weighted by Crippen LogP contribution is -2.24. The molecule has 10 heteroatoms. The van der Waals surface area contributed by atoms with Crippen LogP contribution in [-0.4, -0.2) is 45.9 Å². The first-order valence-electron chi connectivity index (χ1n) is 11.7. The van der Waals surface area contributed by atoms with Gasteiger partial charge in [-0.2, -0.15) is 5.10 Å². The molecule has 0 amide bonds. The summed E-state index contributed by atoms with van der Waals surface area (Å²) in [6.07, 6.45) is 10.5. The van der Waals surface area contributed by atoms with E-state index in [0.717, 1.165) is 46.5 Å². The zero-order valence-corrected chi connectivity index (χ0v) is 21.7. The summed E-state index contributed by atoms with van der Waals surface area (Å²) in [5, 5.41) is 8.89. The SMILES string of the molecule is COc1cc(SC)c(-c2cc3c(N[C@@H]4CC[C@H](N)C4)c(C(N)=Nc4ccccc4Cl)cnn3c2)cn1. The van der Waals surface area contributed by atoms with Crippen molar-refractivity contribution in [1.29, 1.82) is 0 Å². The number of methoxy groups -OCH3 is 1. The molecule has 1 aromatic carbocycles. The fourth-order valence-corrected chi connectivity index (χ4v) is 5.34. The van der Waals surface area contributed by atoms with Crippen molar-refractivity contribution in [3.05, 3.63) is 65.6 Å². The van der Waals surface area contributed by atoms with Gasteiger partial charge in [0.25, 0.3) is 0 Å². The third-order valence-corrected chi connectivity index (χ3v) is 7.51. The number of nitrogens with two attached hydrogens (primary N) is 2. The summed E-state index contributed by atoms with van der Waals surface area (Å²) in [4.78, 5) is 10.1. The topological polar surface area (TPSA) is 116 Å². The highest BCUT2D eigenvalue weighted by Crippen LogP contribution is 2.36. The number of aromatic nitrogens is 3. The van der Waals surface area contributed by atoms with Crippen molar-refractivity contribution >= 4 is 46.1 Å². The maximum absolute atomic E-state index is 6.54. The number of thioether (sulfide) groups is 1. The zero-order chi connectivity index (χ0) is 25.2. The number of para-hydroxylation sites is 1. The van der Waals surface area contributed by atoms with Crippen LogP contribution in [0.25, 0.3) is 16.6 Å². The van der Waals surface area contributed by atoms with Gasteiger partial charge in [-0.3, -0.25) is 0 Å². The summed E-state index contributed by atoms with van der Waals surface area (Å²) in [5.74, 6) is 0.914. The van der Waals surface area contributed by atoms with Crippen LogP contribution < -0.4 is 21.5 Å². The lowest BCUT2D eigenvalue weighted by molar-refractivity contribution is 0.397. The predicted octanol–water partition coefficient (Wildman–Crippen LogP) is 5.11. The molecule has 5 rings (SSSR count). The maximum atomic E-state index is 6.54. The molecule has 1 fully saturated rings. The number of aliphatic imine (C=N–C) groups is 1. The molecule has 4 aromatic rings. The Morgan fingerprint density at radius 3 is 2.81 bits per heavy atom. The minimum Gasteiger partial charge on any atom is -0.481 e. The molecule has 1 aliphatic carbocycles. The number of rotatable bonds is 7. The van der Waals surface area contributed by atoms with Crippen molar-refractivity contribution in [2.75, 3.05) is 18.7 Å². The Bertz CT molecular complexity index is 1440. The lowest BCUT2D eigenvalue weighted by atomic mass is 10.1. The molecule has 1 aliphatic rings. The van der Waals surface area contributed by atoms with Gasteiger partial charge in [-0.1, -0.05) is 23.7 Å². The van der Waals surface area contributed by atoms with Crippen molar-refractivity contribution in [3.63, 3.8) is 0 Å². The zero-order valence-electron chi connectivity index (χ0n) is 20.1. The van der Waals surface area contributed by atoms with Crippen LogP contribution in [0.5, 0.6) is 5.88 Å². The molecule has 3 heterocycles. The Morgan fingerprint density at radius 1 is 1.25 bits per heavy atom. The number of fused-ring (bicyclic) bond motifs is 1. The van der Waals surface area contributed by atoms with Crippen LogP contribution in [-0.2, 0) is 0 Å². The number of halogens is 1. The second-order valence-electron chi connectivity index (χ2n) is 8.78. The lowest BCUT2D eigenvalue weighted by Gasteiger charge is -2.18. The van der Waals surface area contributed by atoms with Gasteiger partial charge in [-0.15, -0.1) is 11.8 Å². The summed E-state index contributed by atoms with van der Waals surface area (Å²) in [5.41, 5.74) is 17.8. The van der Waals surface area contributed by atoms with E-state index >= 15 is 0 Å². The van der Waals surface area contributed by atoms with Gasteiger partial charge in [0.15, 0.2) is 0 Å². The van der Waals surface area contributed by atoms with Gasteiger partial charge in [-0.25, -0.2) is 14.5 Å². The molecule has 8 nitrogen and oxygen atoms in total. The van der Waals surface area contributed by atoms with Crippen LogP contribution in [0.1, 0.15) is 24.8 Å². The minimum atomic E-state index is 0.190. The standard InChI is InChI=1S/C26H28ClN7OS/c1-35-24-11-23(36-2)18(12-30-24)15-9-22-25(32-17-8-7-16(28)10-17)19(13-31-34(22)14-15)26(29)33-21-6-4-3-5-20(21)27/h3-6,9,11-14,16-17,32H,7-8,10,28H2,1-2H3,(H2,29,33)/t16-,17+/m0/s1. The number of anilines is 1. The molecule has 0 saturated heterocycles. The van der Waals surface area contributed by atoms with Gasteiger partial charge in [0.2, 0.25) is 5.88 Å². The Kier molecular flexibility index (Phi) is 7.04. The molecular weight excluding hydrogens is 494 g/mol. The summed E-state index contributed by atoms with van der Waals surface area (Å²) in [6.45, 7) is 0. The van der Waals surface area contributed by atoms with E-state index in [9.17, 15) is 0 Å². The molecule has 2 atom stereocenters. The number of ether oxygens (including phenoxy) is 1. The highest BCUT2D eigenvalue weighted by atomic mass is 35.5. The van der Waals surface area contributed by atoms with Crippen LogP contribution in [0, 0.1) is 0 Å². The Balaban J connectivity index is 1.63. The van der Waals surface area contributed by atoms with Crippen LogP contribution in [0.2, 0.25) is 5.02 Å². The number of nitrogens with zero attached hydrogens (tertiary/aromatic N) is 4. The molecule has 0 unspecified atom stereocenters. The van der Waals surface area contributed by atoms with Gasteiger partial charge in [0.05, 0.1) is 40.8 Å². The van der Waals surface area contributed by atoms with Crippen molar-refractivity contribution in [2.45, 2.75) is 36.2 Å². The van der Waals surface area contributed by atoms with Crippen molar-refractivity contribution in [2.24, 2.45) is 16.5 Å². The normalized spacial score (nSPS) is 18.1. The summed E-state index contributed by atoms with van der Waals surface area (Å²) in [7, 11) is 1.62. The largest absolute Gasteiger partial charge is 0.481 e. The Hall–Kier alpha value is -3.27. The predicted molar refractivity (Wildman–Crippen MR) is 148 cm³/mol. The van der Waals surface area contributed by atoms with Crippen LogP contribution in [0.3, 0.4) is 0 Å². The van der Waals surface area contributed by atoms with E-state index in [1.54, 1.807) is 31.1 Å². The summed E-state index contributed by atoms with van der Waals surface area (Å²) in [6, 6.07) is 11.8. The van der Waals surface area contributed by atoms with Crippen molar-refractivity contribution in [1.82, 2.24) is 14.6 Å². The number of amidine groups is 1. The number of hydrogen-bond donors (Lipinski definition) is 3. The molecule has 186 valence electrons. The Morgan fingerprint density at radius 2 is 2.08 bits per heavy atom. The number of benzene rings is 1. The monoisotopic (exact) mass is 521 g/mol. The highest BCUT2D eigenvalue weighted by Gasteiger charge is 2.25. The summed E-state index contributed by atoms with van der Waals surface area (Å²) >= 11 is 7.98. The number of hydrogen-bond acceptors (Lipinski definition) is 7. The van der Waals surface area contributed by atoms with E-state index in [2.05, 4.69) is 26.5 Å². The summed E-state index contributed by atoms with van der Waals surface area (Å²) < 4.78 is 7.16. The minimum absolute atomic E-state index is 0.190. The van der Waals surface area contributed by atoms with Crippen LogP contribution >= 0.6 is 23.4 Å². The number of pyridine rings is 1. The first kappa shape index (κ1) is 24.4. The molecule has 0 spiro atoms. The fourth-order valence-electron chi connectivity index (χ4n) is 4.55. The quantitative estimate of drug-likeness (QED) is 0.176. The van der Waals surface area contributed by atoms with E-state index in [1.807, 2.05) is 47.4 Å². The van der Waals surface area contributed by atoms with Gasteiger partial charge < -0.3 is 21.5 Å². The first-order chi connectivity index (χ1) is 17.5. The van der Waals surface area contributed by atoms with E-state index in [0.29, 0.717) is 28.0 Å². The molecule has 5 N–H and O–H groups in total. The van der Waals surface area contributed by atoms with Crippen molar-refractivity contribution in [3.8, 4) is 17.0 Å². The maximum Gasteiger partial charge on any atom is 0.214 e. The molecule has 36 heavy (non-hydrogen) atoms. The fraction of sp³-hybridized carbons (Fsp3) is 0.269. The van der Waals surface area contributed by atoms with Gasteiger partial charge in [-0.05, 0) is 43.7 Å². The van der Waals surface area contributed by atoms with Gasteiger partial charge in [0.1, 0.15) is 5.84 Å². The molecular formula is C26H28ClN7OS. The van der Waals surface area contributed by atoms with Gasteiger partial charge >= 0.3 is 0 Å². The third-order valence-electron chi connectivity index (χ3n) is 6.41. The molecule has 0 aliphatic heterocycles. The van der Waals surface area contributed by atoms with Crippen LogP contribution in [0.4, 0.5) is 11.4 Å². The van der Waals surface area contributed by atoms with E-state index < -0.39 is 0 Å². The van der Waals surface area contributed by atoms with E-state index in [4.69, 9.17) is 27.8 Å². The Labute approximate surface area is 219 Å². The first-order valence-corrected chi connectivity index (χ1v) is 13.3. The molecule has 0 radical (unpaired) electrons. The third kappa shape index (κ3) is 4.86. The molecule has 1 saturated carbocycles. The molecule has 0 bridgehead atoms. The van der Waals surface area contributed by atoms with E-state index in [1.165, 1.54) is 0 Å². The molecule has 3 aromatic heterocycles. The average Bonchev–Trinajstić information content (AvgIpc) is 3.51. The average molecular weight is 522 g/mol. The smallest absolute Gasteiger partial charge is 0.214 e. The second kappa shape index (κ2) is 10.4. The van der Waals surface area contributed by atoms with Gasteiger partial charge in [0, 0.05) is 46.6 Å². The van der Waals surface area contributed by atoms with Crippen molar-refractivity contribution < 1.29 is 4.74 Å². The number of nitrogens with one attached hydrogen (secondary N) is 1. The van der Waals surface area contributed by atoms with E-state index in [-0.39, 0.29) is 12.1 Å². The highest BCUT2D eigenvalue weighted by molar-refractivity contribution is 7.98. The van der Waals surface area contributed by atoms with Crippen LogP contribution in [0.15, 0.2) is 64.9 Å². The second-order valence-corrected chi connectivity index (χ2v) is 10.0.